The smallest absolute Gasteiger partial charge is 0.306 e. The van der Waals surface area contributed by atoms with Crippen LogP contribution in [0, 0.1) is 10.1 Å². The lowest BCUT2D eigenvalue weighted by atomic mass is 10.3. The second-order valence-electron chi connectivity index (χ2n) is 3.73. The third kappa shape index (κ3) is 3.28. The van der Waals surface area contributed by atoms with E-state index >= 15 is 0 Å². The van der Waals surface area contributed by atoms with Gasteiger partial charge in [0.1, 0.15) is 12.4 Å². The Kier molecular flexibility index (Phi) is 4.39. The molecule has 1 heterocycles. The fourth-order valence-corrected chi connectivity index (χ4v) is 1.19. The van der Waals surface area contributed by atoms with Crippen LogP contribution in [0.4, 0.5) is 5.69 Å². The monoisotopic (exact) mass is 228 g/mol. The van der Waals surface area contributed by atoms with Crippen LogP contribution in [0.3, 0.4) is 0 Å². The van der Waals surface area contributed by atoms with Gasteiger partial charge in [-0.05, 0) is 14.0 Å². The molecule has 1 aromatic rings. The van der Waals surface area contributed by atoms with Crippen LogP contribution in [0.25, 0.3) is 0 Å². The van der Waals surface area contributed by atoms with Gasteiger partial charge in [-0.2, -0.15) is 5.10 Å². The van der Waals surface area contributed by atoms with Crippen LogP contribution in [0.1, 0.15) is 6.92 Å². The lowest BCUT2D eigenvalue weighted by Gasteiger charge is -2.22. The van der Waals surface area contributed by atoms with Gasteiger partial charge in [-0.1, -0.05) is 0 Å². The molecule has 1 N–H and O–H groups in total. The summed E-state index contributed by atoms with van der Waals surface area (Å²) in [7, 11) is 1.89. The highest BCUT2D eigenvalue weighted by Gasteiger charge is 2.10. The summed E-state index contributed by atoms with van der Waals surface area (Å²) in [5, 5.41) is 23.2. The molecule has 0 amide bonds. The molecule has 0 radical (unpaired) electrons. The first-order chi connectivity index (χ1) is 7.54. The lowest BCUT2D eigenvalue weighted by Crippen LogP contribution is -2.34. The minimum Gasteiger partial charge on any atom is -0.395 e. The van der Waals surface area contributed by atoms with E-state index in [1.165, 1.54) is 17.1 Å². The van der Waals surface area contributed by atoms with Gasteiger partial charge in [-0.15, -0.1) is 0 Å². The number of hydrogen-bond acceptors (Lipinski definition) is 5. The minimum atomic E-state index is -0.469. The molecule has 1 unspecified atom stereocenters. The molecule has 0 bridgehead atoms. The van der Waals surface area contributed by atoms with Crippen LogP contribution in [0.5, 0.6) is 0 Å². The van der Waals surface area contributed by atoms with Crippen LogP contribution in [-0.2, 0) is 6.54 Å². The molecule has 0 fully saturated rings. The van der Waals surface area contributed by atoms with E-state index in [2.05, 4.69) is 5.10 Å². The van der Waals surface area contributed by atoms with Crippen LogP contribution in [0.2, 0.25) is 0 Å². The van der Waals surface area contributed by atoms with Crippen molar-refractivity contribution in [3.05, 3.63) is 22.5 Å². The standard InChI is InChI=1S/C9H16N4O3/c1-8(7-14)11(2)3-4-12-6-9(5-10-12)13(15)16/h5-6,8,14H,3-4,7H2,1-2H3. The predicted octanol–water partition coefficient (Wildman–Crippen LogP) is 0.104. The van der Waals surface area contributed by atoms with Crippen molar-refractivity contribution in [2.24, 2.45) is 0 Å². The van der Waals surface area contributed by atoms with Crippen molar-refractivity contribution in [2.75, 3.05) is 20.2 Å². The van der Waals surface area contributed by atoms with Crippen LogP contribution in [0.15, 0.2) is 12.4 Å². The van der Waals surface area contributed by atoms with Crippen molar-refractivity contribution in [3.8, 4) is 0 Å². The zero-order valence-corrected chi connectivity index (χ0v) is 9.41. The van der Waals surface area contributed by atoms with E-state index in [1.54, 1.807) is 0 Å². The SMILES string of the molecule is CC(CO)N(C)CCn1cc([N+](=O)[O-])cn1. The number of nitrogens with zero attached hydrogens (tertiary/aromatic N) is 4. The van der Waals surface area contributed by atoms with Gasteiger partial charge in [-0.3, -0.25) is 19.7 Å². The second kappa shape index (κ2) is 5.57. The molecule has 0 aliphatic carbocycles. The van der Waals surface area contributed by atoms with Gasteiger partial charge in [0.05, 0.1) is 18.1 Å². The third-order valence-electron chi connectivity index (χ3n) is 2.53. The summed E-state index contributed by atoms with van der Waals surface area (Å²) in [5.41, 5.74) is -0.00198. The van der Waals surface area contributed by atoms with Crippen molar-refractivity contribution in [1.29, 1.82) is 0 Å². The molecule has 16 heavy (non-hydrogen) atoms. The summed E-state index contributed by atoms with van der Waals surface area (Å²) in [6.45, 7) is 3.25. The fraction of sp³-hybridized carbons (Fsp3) is 0.667. The van der Waals surface area contributed by atoms with E-state index in [-0.39, 0.29) is 18.3 Å². The van der Waals surface area contributed by atoms with Gasteiger partial charge in [-0.25, -0.2) is 0 Å². The summed E-state index contributed by atoms with van der Waals surface area (Å²) in [4.78, 5) is 11.9. The zero-order valence-electron chi connectivity index (χ0n) is 9.41. The van der Waals surface area contributed by atoms with E-state index in [0.717, 1.165) is 0 Å². The number of hydrogen-bond donors (Lipinski definition) is 1. The Balaban J connectivity index is 2.45. The maximum atomic E-state index is 10.4. The largest absolute Gasteiger partial charge is 0.395 e. The van der Waals surface area contributed by atoms with Crippen molar-refractivity contribution in [2.45, 2.75) is 19.5 Å². The van der Waals surface area contributed by atoms with E-state index in [9.17, 15) is 10.1 Å². The Bertz CT molecular complexity index is 352. The Morgan fingerprint density at radius 2 is 2.44 bits per heavy atom. The topological polar surface area (TPSA) is 84.4 Å². The molecule has 0 saturated carbocycles. The van der Waals surface area contributed by atoms with Gasteiger partial charge in [0.25, 0.3) is 0 Å². The first-order valence-corrected chi connectivity index (χ1v) is 5.02. The molecule has 0 aromatic carbocycles. The summed E-state index contributed by atoms with van der Waals surface area (Å²) < 4.78 is 1.53. The minimum absolute atomic E-state index is 0.00198. The van der Waals surface area contributed by atoms with Crippen LogP contribution in [-0.4, -0.2) is 51.0 Å². The highest BCUT2D eigenvalue weighted by molar-refractivity contribution is 5.20. The normalized spacial score (nSPS) is 13.0. The Morgan fingerprint density at radius 1 is 1.75 bits per heavy atom. The van der Waals surface area contributed by atoms with E-state index in [4.69, 9.17) is 5.11 Å². The molecule has 0 aliphatic rings. The van der Waals surface area contributed by atoms with Gasteiger partial charge < -0.3 is 5.11 Å². The maximum Gasteiger partial charge on any atom is 0.306 e. The average molecular weight is 228 g/mol. The van der Waals surface area contributed by atoms with Crippen molar-refractivity contribution in [3.63, 3.8) is 0 Å². The number of likely N-dealkylation sites (N-methyl/N-ethyl adjacent to an activating group) is 1. The van der Waals surface area contributed by atoms with Crippen molar-refractivity contribution in [1.82, 2.24) is 14.7 Å². The third-order valence-corrected chi connectivity index (χ3v) is 2.53. The first kappa shape index (κ1) is 12.6. The number of aliphatic hydroxyl groups excluding tert-OH is 1. The number of nitro groups is 1. The Hall–Kier alpha value is -1.47. The molecule has 0 aliphatic heterocycles. The number of rotatable bonds is 6. The highest BCUT2D eigenvalue weighted by atomic mass is 16.6. The summed E-state index contributed by atoms with van der Waals surface area (Å²) in [5.74, 6) is 0. The molecule has 7 heteroatoms. The lowest BCUT2D eigenvalue weighted by molar-refractivity contribution is -0.385. The van der Waals surface area contributed by atoms with Gasteiger partial charge in [0, 0.05) is 12.6 Å². The predicted molar refractivity (Wildman–Crippen MR) is 58.1 cm³/mol. The molecule has 7 nitrogen and oxygen atoms in total. The average Bonchev–Trinajstić information content (AvgIpc) is 2.73. The van der Waals surface area contributed by atoms with Crippen molar-refractivity contribution < 1.29 is 10.0 Å². The maximum absolute atomic E-state index is 10.4. The molecule has 1 rings (SSSR count). The Morgan fingerprint density at radius 3 is 2.94 bits per heavy atom. The molecule has 1 atom stereocenters. The van der Waals surface area contributed by atoms with E-state index in [1.807, 2.05) is 18.9 Å². The molecular weight excluding hydrogens is 212 g/mol. The zero-order chi connectivity index (χ0) is 12.1. The molecule has 0 saturated heterocycles. The quantitative estimate of drug-likeness (QED) is 0.551. The fourth-order valence-electron chi connectivity index (χ4n) is 1.19. The molecule has 1 aromatic heterocycles. The number of aromatic nitrogens is 2. The summed E-state index contributed by atoms with van der Waals surface area (Å²) in [6.07, 6.45) is 2.63. The van der Waals surface area contributed by atoms with E-state index < -0.39 is 4.92 Å². The summed E-state index contributed by atoms with van der Waals surface area (Å²) >= 11 is 0. The molecule has 0 spiro atoms. The second-order valence-corrected chi connectivity index (χ2v) is 3.73. The van der Waals surface area contributed by atoms with Gasteiger partial charge in [0.2, 0.25) is 0 Å². The number of aliphatic hydroxyl groups is 1. The van der Waals surface area contributed by atoms with Crippen LogP contribution >= 0.6 is 0 Å². The molecule has 90 valence electrons. The first-order valence-electron chi connectivity index (χ1n) is 5.02. The van der Waals surface area contributed by atoms with Gasteiger partial charge in [0.15, 0.2) is 0 Å². The summed E-state index contributed by atoms with van der Waals surface area (Å²) in [6, 6.07) is 0.0746. The van der Waals surface area contributed by atoms with E-state index in [0.29, 0.717) is 13.1 Å². The highest BCUT2D eigenvalue weighted by Crippen LogP contribution is 2.07. The van der Waals surface area contributed by atoms with Gasteiger partial charge >= 0.3 is 5.69 Å². The van der Waals surface area contributed by atoms with Crippen molar-refractivity contribution >= 4 is 5.69 Å². The Labute approximate surface area is 93.4 Å². The molecular formula is C9H16N4O3. The van der Waals surface area contributed by atoms with Crippen LogP contribution < -0.4 is 0 Å².